The number of sulfonamides is 1. The fraction of sp³-hybridized carbons (Fsp3) is 0.280. The third-order valence-corrected chi connectivity index (χ3v) is 8.42. The summed E-state index contributed by atoms with van der Waals surface area (Å²) in [4.78, 5) is 0. The first-order valence-electron chi connectivity index (χ1n) is 10.4. The van der Waals surface area contributed by atoms with Crippen molar-refractivity contribution in [1.29, 1.82) is 0 Å². The van der Waals surface area contributed by atoms with E-state index in [9.17, 15) is 26.7 Å². The van der Waals surface area contributed by atoms with Gasteiger partial charge in [-0.1, -0.05) is 54.6 Å². The molecule has 0 saturated carbocycles. The molecule has 0 aromatic heterocycles. The average molecular weight is 476 g/mol. The van der Waals surface area contributed by atoms with Gasteiger partial charge in [0, 0.05) is 17.7 Å². The summed E-state index contributed by atoms with van der Waals surface area (Å²) >= 11 is 0. The number of nitrogens with zero attached hydrogens (tertiary/aromatic N) is 1. The van der Waals surface area contributed by atoms with Crippen LogP contribution >= 0.6 is 0 Å². The summed E-state index contributed by atoms with van der Waals surface area (Å²) in [7, 11) is -3.79. The van der Waals surface area contributed by atoms with Gasteiger partial charge < -0.3 is 5.11 Å². The first-order valence-corrected chi connectivity index (χ1v) is 11.8. The van der Waals surface area contributed by atoms with Crippen molar-refractivity contribution in [3.05, 3.63) is 89.0 Å². The molecule has 0 saturated heterocycles. The van der Waals surface area contributed by atoms with Gasteiger partial charge in [-0.15, -0.1) is 0 Å². The van der Waals surface area contributed by atoms with Gasteiger partial charge in [0.15, 0.2) is 0 Å². The molecule has 0 amide bonds. The molecule has 0 fully saturated rings. The summed E-state index contributed by atoms with van der Waals surface area (Å²) in [5.41, 5.74) is 1.36. The Bertz CT molecular complexity index is 1300. The van der Waals surface area contributed by atoms with E-state index in [1.54, 1.807) is 32.9 Å². The highest BCUT2D eigenvalue weighted by molar-refractivity contribution is 7.90. The van der Waals surface area contributed by atoms with E-state index >= 15 is 0 Å². The predicted octanol–water partition coefficient (Wildman–Crippen LogP) is 6.11. The number of benzene rings is 3. The van der Waals surface area contributed by atoms with Crippen LogP contribution in [0, 0.1) is 0 Å². The zero-order valence-electron chi connectivity index (χ0n) is 18.4. The van der Waals surface area contributed by atoms with Crippen LogP contribution in [0.4, 0.5) is 13.2 Å². The van der Waals surface area contributed by atoms with Crippen LogP contribution in [0.5, 0.6) is 5.75 Å². The summed E-state index contributed by atoms with van der Waals surface area (Å²) in [6.07, 6.45) is -4.52. The van der Waals surface area contributed by atoms with Gasteiger partial charge >= 0.3 is 6.18 Å². The molecule has 8 heteroatoms. The highest BCUT2D eigenvalue weighted by Gasteiger charge is 2.45. The Morgan fingerprint density at radius 3 is 2.21 bits per heavy atom. The number of rotatable bonds is 3. The number of aromatic hydroxyl groups is 1. The summed E-state index contributed by atoms with van der Waals surface area (Å²) in [5.74, 6) is -0.209. The molecular weight excluding hydrogens is 451 g/mol. The van der Waals surface area contributed by atoms with E-state index in [4.69, 9.17) is 0 Å². The zero-order valence-corrected chi connectivity index (χ0v) is 19.2. The quantitative estimate of drug-likeness (QED) is 0.497. The Morgan fingerprint density at radius 1 is 0.939 bits per heavy atom. The van der Waals surface area contributed by atoms with Gasteiger partial charge in [-0.3, -0.25) is 0 Å². The molecule has 4 nitrogen and oxygen atoms in total. The van der Waals surface area contributed by atoms with Crippen molar-refractivity contribution in [3.63, 3.8) is 0 Å². The Balaban J connectivity index is 1.88. The van der Waals surface area contributed by atoms with Crippen LogP contribution in [-0.4, -0.2) is 22.6 Å². The van der Waals surface area contributed by atoms with Crippen molar-refractivity contribution in [2.24, 2.45) is 0 Å². The van der Waals surface area contributed by atoms with Crippen molar-refractivity contribution < 1.29 is 26.7 Å². The number of hydrogen-bond acceptors (Lipinski definition) is 3. The van der Waals surface area contributed by atoms with E-state index in [0.717, 1.165) is 17.7 Å². The smallest absolute Gasteiger partial charge is 0.416 e. The molecule has 0 unspecified atom stereocenters. The molecule has 0 bridgehead atoms. The van der Waals surface area contributed by atoms with Gasteiger partial charge in [0.05, 0.1) is 16.4 Å². The highest BCUT2D eigenvalue weighted by atomic mass is 32.2. The van der Waals surface area contributed by atoms with Gasteiger partial charge in [-0.05, 0) is 49.6 Å². The number of fused-ring (bicyclic) bond motifs is 1. The summed E-state index contributed by atoms with van der Waals surface area (Å²) in [6.45, 7) is 4.76. The minimum absolute atomic E-state index is 0.0763. The Labute approximate surface area is 191 Å². The third kappa shape index (κ3) is 4.02. The number of phenols is 1. The summed E-state index contributed by atoms with van der Waals surface area (Å²) < 4.78 is 66.8. The lowest BCUT2D eigenvalue weighted by molar-refractivity contribution is -0.137. The molecular formula is C25H24F3NO3S. The van der Waals surface area contributed by atoms with Gasteiger partial charge in [0.1, 0.15) is 5.75 Å². The Hall–Kier alpha value is -2.84. The van der Waals surface area contributed by atoms with Crippen molar-refractivity contribution in [2.75, 3.05) is 0 Å². The molecule has 1 aliphatic rings. The van der Waals surface area contributed by atoms with E-state index < -0.39 is 32.6 Å². The lowest BCUT2D eigenvalue weighted by atomic mass is 9.93. The molecule has 33 heavy (non-hydrogen) atoms. The zero-order chi connectivity index (χ0) is 24.2. The average Bonchev–Trinajstić information content (AvgIpc) is 3.14. The molecule has 3 aromatic rings. The van der Waals surface area contributed by atoms with E-state index in [0.29, 0.717) is 11.1 Å². The van der Waals surface area contributed by atoms with Crippen molar-refractivity contribution in [2.45, 2.75) is 44.3 Å². The van der Waals surface area contributed by atoms with Crippen molar-refractivity contribution in [3.8, 4) is 16.9 Å². The monoisotopic (exact) mass is 475 g/mol. The van der Waals surface area contributed by atoms with E-state index in [1.807, 2.05) is 30.3 Å². The topological polar surface area (TPSA) is 57.6 Å². The van der Waals surface area contributed by atoms with Crippen LogP contribution in [0.2, 0.25) is 0 Å². The van der Waals surface area contributed by atoms with Crippen molar-refractivity contribution in [1.82, 2.24) is 4.31 Å². The first-order chi connectivity index (χ1) is 15.3. The van der Waals surface area contributed by atoms with E-state index in [-0.39, 0.29) is 23.4 Å². The second-order valence-corrected chi connectivity index (χ2v) is 11.7. The SMILES string of the molecule is CC(C)(C)S(=O)(=O)N1Cc2c(ccc(-c3cccc(C(F)(F)F)c3)c2O)[C@@H]1c1ccccc1. The largest absolute Gasteiger partial charge is 0.507 e. The van der Waals surface area contributed by atoms with Crippen molar-refractivity contribution >= 4 is 10.0 Å². The maximum Gasteiger partial charge on any atom is 0.416 e. The van der Waals surface area contributed by atoms with Gasteiger partial charge in [-0.25, -0.2) is 8.42 Å². The van der Waals surface area contributed by atoms with Crippen LogP contribution in [0.25, 0.3) is 11.1 Å². The van der Waals surface area contributed by atoms with Crippen LogP contribution < -0.4 is 0 Å². The minimum Gasteiger partial charge on any atom is -0.507 e. The van der Waals surface area contributed by atoms with Gasteiger partial charge in [0.25, 0.3) is 0 Å². The fourth-order valence-corrected chi connectivity index (χ4v) is 5.64. The van der Waals surface area contributed by atoms with Crippen LogP contribution in [-0.2, 0) is 22.7 Å². The molecule has 3 aromatic carbocycles. The molecule has 0 spiro atoms. The highest BCUT2D eigenvalue weighted by Crippen LogP contribution is 2.48. The third-order valence-electron chi connectivity index (χ3n) is 5.91. The van der Waals surface area contributed by atoms with Crippen LogP contribution in [0.15, 0.2) is 66.7 Å². The lowest BCUT2D eigenvalue weighted by Gasteiger charge is -2.31. The molecule has 1 aliphatic heterocycles. The molecule has 1 atom stereocenters. The second kappa shape index (κ2) is 7.88. The molecule has 0 radical (unpaired) electrons. The predicted molar refractivity (Wildman–Crippen MR) is 121 cm³/mol. The van der Waals surface area contributed by atoms with Gasteiger partial charge in [0.2, 0.25) is 10.0 Å². The molecule has 1 N–H and O–H groups in total. The molecule has 1 heterocycles. The molecule has 4 rings (SSSR count). The van der Waals surface area contributed by atoms with Crippen LogP contribution in [0.1, 0.15) is 49.1 Å². The molecule has 174 valence electrons. The number of hydrogen-bond donors (Lipinski definition) is 1. The standard InChI is InChI=1S/C25H24F3NO3S/c1-24(2,3)33(31,32)29-15-21-20(22(29)16-8-5-4-6-9-16)13-12-19(23(21)30)17-10-7-11-18(14-17)25(26,27)28/h4-14,22,30H,15H2,1-3H3/t22-/m0/s1. The normalized spacial score (nSPS) is 17.2. The second-order valence-electron chi connectivity index (χ2n) is 9.08. The number of alkyl halides is 3. The molecule has 0 aliphatic carbocycles. The van der Waals surface area contributed by atoms with E-state index in [2.05, 4.69) is 0 Å². The minimum atomic E-state index is -4.52. The number of halogens is 3. The van der Waals surface area contributed by atoms with E-state index in [1.165, 1.54) is 16.4 Å². The maximum atomic E-state index is 13.4. The Morgan fingerprint density at radius 2 is 1.61 bits per heavy atom. The summed E-state index contributed by atoms with van der Waals surface area (Å²) in [6, 6.07) is 16.4. The first kappa shape index (κ1) is 23.3. The van der Waals surface area contributed by atoms with Gasteiger partial charge in [-0.2, -0.15) is 17.5 Å². The van der Waals surface area contributed by atoms with Crippen LogP contribution in [0.3, 0.4) is 0 Å². The lowest BCUT2D eigenvalue weighted by Crippen LogP contribution is -2.42. The summed E-state index contributed by atoms with van der Waals surface area (Å²) in [5, 5.41) is 11.1. The number of phenolic OH excluding ortho intramolecular Hbond substituents is 1. The maximum absolute atomic E-state index is 13.4. The Kier molecular flexibility index (Phi) is 5.57. The fourth-order valence-electron chi connectivity index (χ4n) is 4.13.